The molecule has 216 valence electrons. The molecule has 8 nitrogen and oxygen atoms in total. The molecule has 1 fully saturated rings. The highest BCUT2D eigenvalue weighted by atomic mass is 32.2. The van der Waals surface area contributed by atoms with Crippen LogP contribution in [0.25, 0.3) is 11.1 Å². The van der Waals surface area contributed by atoms with Crippen LogP contribution in [0.5, 0.6) is 0 Å². The molecule has 0 spiro atoms. The van der Waals surface area contributed by atoms with E-state index in [1.165, 1.54) is 22.0 Å². The molecule has 0 radical (unpaired) electrons. The number of nitrogens with zero attached hydrogens (tertiary/aromatic N) is 1. The number of hydrogen-bond donors (Lipinski definition) is 3. The molecule has 9 heteroatoms. The maximum absolute atomic E-state index is 13.1. The third-order valence-corrected chi connectivity index (χ3v) is 9.31. The monoisotopic (exact) mass is 575 g/mol. The molecule has 3 aromatic carbocycles. The minimum atomic E-state index is -3.88. The van der Waals surface area contributed by atoms with Crippen LogP contribution in [0.15, 0.2) is 83.8 Å². The average molecular weight is 576 g/mol. The Morgan fingerprint density at radius 1 is 0.976 bits per heavy atom. The molecule has 0 aliphatic carbocycles. The molecule has 4 rings (SSSR count). The fraction of sp³-hybridized carbons (Fsp3) is 0.344. The van der Waals surface area contributed by atoms with Crippen LogP contribution in [0, 0.1) is 5.41 Å². The summed E-state index contributed by atoms with van der Waals surface area (Å²) < 4.78 is 27.5. The minimum Gasteiger partial charge on any atom is -0.480 e. The third-order valence-electron chi connectivity index (χ3n) is 7.39. The Labute approximate surface area is 242 Å². The van der Waals surface area contributed by atoms with Gasteiger partial charge in [-0.25, -0.2) is 13.2 Å². The van der Waals surface area contributed by atoms with E-state index in [1.807, 2.05) is 43.3 Å². The highest BCUT2D eigenvalue weighted by molar-refractivity contribution is 7.89. The lowest BCUT2D eigenvalue weighted by molar-refractivity contribution is -0.142. The van der Waals surface area contributed by atoms with Crippen molar-refractivity contribution in [1.29, 1.82) is 5.41 Å². The lowest BCUT2D eigenvalue weighted by atomic mass is 9.97. The average Bonchev–Trinajstić information content (AvgIpc) is 3.47. The van der Waals surface area contributed by atoms with Gasteiger partial charge in [0.25, 0.3) is 0 Å². The first kappa shape index (κ1) is 30.1. The molecule has 0 saturated carbocycles. The van der Waals surface area contributed by atoms with E-state index in [2.05, 4.69) is 17.4 Å². The summed E-state index contributed by atoms with van der Waals surface area (Å²) in [4.78, 5) is 25.3. The van der Waals surface area contributed by atoms with Gasteiger partial charge in [-0.1, -0.05) is 66.7 Å². The van der Waals surface area contributed by atoms with Crippen LogP contribution in [0.1, 0.15) is 50.2 Å². The standard InChI is InChI=1S/C32H37N3O5S/c1-23(33)9-5-6-10-24-11-7-12-27(21-24)26-18-16-25(17-19-26)22-29(32(37)38)34-31(36)30-15-8-20-35(30)41(39,40)28-13-3-2-4-14-28/h2-4,7,11-14,16-19,21,29-30,33H,5-6,8-10,15,20,22H2,1H3,(H,34,36)(H,37,38)/t29-,30-/m0/s1. The number of aliphatic carboxylic acids is 1. The van der Waals surface area contributed by atoms with Gasteiger partial charge in [0.2, 0.25) is 15.9 Å². The molecule has 41 heavy (non-hydrogen) atoms. The van der Waals surface area contributed by atoms with Crippen molar-refractivity contribution in [3.05, 3.63) is 90.0 Å². The Bertz CT molecular complexity index is 1470. The topological polar surface area (TPSA) is 128 Å². The molecule has 1 aliphatic rings. The third kappa shape index (κ3) is 7.89. The van der Waals surface area contributed by atoms with Crippen LogP contribution in [-0.2, 0) is 32.5 Å². The first-order chi connectivity index (χ1) is 19.6. The molecule has 0 unspecified atom stereocenters. The van der Waals surface area contributed by atoms with Gasteiger partial charge >= 0.3 is 5.97 Å². The molecule has 1 amide bonds. The normalized spacial score (nSPS) is 16.3. The van der Waals surface area contributed by atoms with Gasteiger partial charge in [-0.2, -0.15) is 4.31 Å². The molecule has 0 aromatic heterocycles. The number of carboxylic acids is 1. The number of hydrogen-bond acceptors (Lipinski definition) is 5. The Morgan fingerprint density at radius 2 is 1.71 bits per heavy atom. The second kappa shape index (κ2) is 13.7. The summed E-state index contributed by atoms with van der Waals surface area (Å²) in [5.41, 5.74) is 4.77. The van der Waals surface area contributed by atoms with Crippen LogP contribution < -0.4 is 5.32 Å². The molecular weight excluding hydrogens is 538 g/mol. The van der Waals surface area contributed by atoms with Crippen molar-refractivity contribution >= 4 is 27.6 Å². The summed E-state index contributed by atoms with van der Waals surface area (Å²) in [5, 5.41) is 20.0. The van der Waals surface area contributed by atoms with Gasteiger partial charge in [0, 0.05) is 18.7 Å². The highest BCUT2D eigenvalue weighted by Crippen LogP contribution is 2.27. The van der Waals surface area contributed by atoms with Gasteiger partial charge in [-0.3, -0.25) is 4.79 Å². The SMILES string of the molecule is CC(=N)CCCCc1cccc(-c2ccc(C[C@H](NC(=O)[C@@H]3CCCN3S(=O)(=O)c3ccccc3)C(=O)O)cc2)c1. The van der Waals surface area contributed by atoms with Crippen molar-refractivity contribution in [2.45, 2.75) is 68.8 Å². The molecule has 1 heterocycles. The number of aryl methyl sites for hydroxylation is 1. The van der Waals surface area contributed by atoms with Crippen molar-refractivity contribution in [3.8, 4) is 11.1 Å². The molecule has 1 saturated heterocycles. The largest absolute Gasteiger partial charge is 0.480 e. The Balaban J connectivity index is 1.40. The van der Waals surface area contributed by atoms with Crippen LogP contribution in [0.3, 0.4) is 0 Å². The molecular formula is C32H37N3O5S. The number of carboxylic acid groups (broad SMARTS) is 1. The highest BCUT2D eigenvalue weighted by Gasteiger charge is 2.40. The first-order valence-electron chi connectivity index (χ1n) is 14.0. The van der Waals surface area contributed by atoms with Crippen molar-refractivity contribution in [2.24, 2.45) is 0 Å². The zero-order valence-corrected chi connectivity index (χ0v) is 24.1. The summed E-state index contributed by atoms with van der Waals surface area (Å²) in [6.07, 6.45) is 4.73. The van der Waals surface area contributed by atoms with Crippen molar-refractivity contribution in [1.82, 2.24) is 9.62 Å². The Kier molecular flexibility index (Phi) is 10.1. The summed E-state index contributed by atoms with van der Waals surface area (Å²) in [5.74, 6) is -1.78. The van der Waals surface area contributed by atoms with E-state index in [-0.39, 0.29) is 17.9 Å². The molecule has 3 N–H and O–H groups in total. The predicted octanol–water partition coefficient (Wildman–Crippen LogP) is 5.07. The number of rotatable bonds is 13. The number of amides is 1. The van der Waals surface area contributed by atoms with E-state index >= 15 is 0 Å². The van der Waals surface area contributed by atoms with Crippen molar-refractivity contribution in [2.75, 3.05) is 6.54 Å². The van der Waals surface area contributed by atoms with Crippen LogP contribution in [0.4, 0.5) is 0 Å². The fourth-order valence-corrected chi connectivity index (χ4v) is 6.86. The summed E-state index contributed by atoms with van der Waals surface area (Å²) in [7, 11) is -3.88. The summed E-state index contributed by atoms with van der Waals surface area (Å²) in [6, 6.07) is 21.7. The molecule has 2 atom stereocenters. The van der Waals surface area contributed by atoms with E-state index in [9.17, 15) is 23.1 Å². The number of unbranched alkanes of at least 4 members (excludes halogenated alkanes) is 1. The van der Waals surface area contributed by atoms with E-state index in [0.717, 1.165) is 42.4 Å². The summed E-state index contributed by atoms with van der Waals surface area (Å²) >= 11 is 0. The van der Waals surface area contributed by atoms with Crippen molar-refractivity contribution in [3.63, 3.8) is 0 Å². The molecule has 0 bridgehead atoms. The van der Waals surface area contributed by atoms with Gasteiger partial charge in [0.15, 0.2) is 0 Å². The predicted molar refractivity (Wildman–Crippen MR) is 159 cm³/mol. The van der Waals surface area contributed by atoms with Crippen LogP contribution in [-0.4, -0.2) is 54.0 Å². The second-order valence-corrected chi connectivity index (χ2v) is 12.5. The van der Waals surface area contributed by atoms with Gasteiger partial charge in [0.05, 0.1) is 4.90 Å². The van der Waals surface area contributed by atoms with E-state index in [4.69, 9.17) is 5.41 Å². The smallest absolute Gasteiger partial charge is 0.326 e. The zero-order chi connectivity index (χ0) is 29.4. The number of carbonyl (C=O) groups excluding carboxylic acids is 1. The number of benzene rings is 3. The van der Waals surface area contributed by atoms with E-state index < -0.39 is 34.0 Å². The van der Waals surface area contributed by atoms with Crippen LogP contribution >= 0.6 is 0 Å². The lowest BCUT2D eigenvalue weighted by Crippen LogP contribution is -2.51. The number of nitrogens with one attached hydrogen (secondary N) is 2. The first-order valence-corrected chi connectivity index (χ1v) is 15.4. The Hall–Kier alpha value is -3.82. The van der Waals surface area contributed by atoms with E-state index in [1.54, 1.807) is 18.2 Å². The maximum atomic E-state index is 13.1. The lowest BCUT2D eigenvalue weighted by Gasteiger charge is -2.25. The van der Waals surface area contributed by atoms with Crippen molar-refractivity contribution < 1.29 is 23.1 Å². The second-order valence-electron chi connectivity index (χ2n) is 10.6. The summed E-state index contributed by atoms with van der Waals surface area (Å²) in [6.45, 7) is 2.04. The van der Waals surface area contributed by atoms with Gasteiger partial charge < -0.3 is 15.8 Å². The fourth-order valence-electron chi connectivity index (χ4n) is 5.18. The van der Waals surface area contributed by atoms with Gasteiger partial charge in [0.1, 0.15) is 12.1 Å². The maximum Gasteiger partial charge on any atom is 0.326 e. The van der Waals surface area contributed by atoms with Gasteiger partial charge in [-0.15, -0.1) is 0 Å². The van der Waals surface area contributed by atoms with Crippen LogP contribution in [0.2, 0.25) is 0 Å². The minimum absolute atomic E-state index is 0.0754. The number of carbonyl (C=O) groups is 2. The molecule has 3 aromatic rings. The Morgan fingerprint density at radius 3 is 2.39 bits per heavy atom. The van der Waals surface area contributed by atoms with Gasteiger partial charge in [-0.05, 0) is 79.8 Å². The molecule has 1 aliphatic heterocycles. The quantitative estimate of drug-likeness (QED) is 0.194. The van der Waals surface area contributed by atoms with E-state index in [0.29, 0.717) is 18.6 Å². The number of sulfonamides is 1. The zero-order valence-electron chi connectivity index (χ0n) is 23.3.